The van der Waals surface area contributed by atoms with Gasteiger partial charge in [-0.3, -0.25) is 4.79 Å². The SMILES string of the molecule is O=C(COc1cc(F)c(F)c(F)c1)c1c(O)cc(O)cc1O. The zero-order chi connectivity index (χ0) is 16.4. The molecule has 0 radical (unpaired) electrons. The summed E-state index contributed by atoms with van der Waals surface area (Å²) in [6, 6.07) is 2.73. The monoisotopic (exact) mass is 314 g/mol. The summed E-state index contributed by atoms with van der Waals surface area (Å²) in [5, 5.41) is 28.1. The van der Waals surface area contributed by atoms with Crippen LogP contribution in [0, 0.1) is 17.5 Å². The quantitative estimate of drug-likeness (QED) is 0.596. The summed E-state index contributed by atoms with van der Waals surface area (Å²) in [4.78, 5) is 11.8. The van der Waals surface area contributed by atoms with E-state index in [2.05, 4.69) is 0 Å². The van der Waals surface area contributed by atoms with Crippen molar-refractivity contribution in [1.82, 2.24) is 0 Å². The van der Waals surface area contributed by atoms with E-state index in [1.807, 2.05) is 0 Å². The average Bonchev–Trinajstić information content (AvgIpc) is 2.41. The highest BCUT2D eigenvalue weighted by Gasteiger charge is 2.19. The molecule has 0 fully saturated rings. The second-order valence-electron chi connectivity index (χ2n) is 4.27. The van der Waals surface area contributed by atoms with E-state index in [0.29, 0.717) is 12.1 Å². The third-order valence-electron chi connectivity index (χ3n) is 2.69. The molecule has 116 valence electrons. The summed E-state index contributed by atoms with van der Waals surface area (Å²) in [6.07, 6.45) is 0. The Morgan fingerprint density at radius 2 is 1.45 bits per heavy atom. The zero-order valence-electron chi connectivity index (χ0n) is 10.8. The number of Topliss-reactive ketones (excluding diaryl/α,β-unsaturated/α-hetero) is 1. The summed E-state index contributed by atoms with van der Waals surface area (Å²) in [5.74, 6) is -7.86. The first-order chi connectivity index (χ1) is 10.3. The van der Waals surface area contributed by atoms with Crippen molar-refractivity contribution in [3.63, 3.8) is 0 Å². The van der Waals surface area contributed by atoms with Crippen molar-refractivity contribution in [3.05, 3.63) is 47.3 Å². The van der Waals surface area contributed by atoms with Crippen LogP contribution in [0.25, 0.3) is 0 Å². The third kappa shape index (κ3) is 3.05. The first kappa shape index (κ1) is 15.5. The van der Waals surface area contributed by atoms with Crippen LogP contribution in [0.15, 0.2) is 24.3 Å². The van der Waals surface area contributed by atoms with Crippen molar-refractivity contribution in [2.45, 2.75) is 0 Å². The molecule has 2 aromatic rings. The number of rotatable bonds is 4. The van der Waals surface area contributed by atoms with Crippen LogP contribution in [0.4, 0.5) is 13.2 Å². The van der Waals surface area contributed by atoms with Gasteiger partial charge in [0.25, 0.3) is 0 Å². The number of aromatic hydroxyl groups is 3. The van der Waals surface area contributed by atoms with Gasteiger partial charge in [-0.05, 0) is 0 Å². The fraction of sp³-hybridized carbons (Fsp3) is 0.0714. The fourth-order valence-electron chi connectivity index (χ4n) is 1.72. The largest absolute Gasteiger partial charge is 0.508 e. The number of phenolic OH excluding ortho intramolecular Hbond substituents is 3. The predicted molar refractivity (Wildman–Crippen MR) is 67.6 cm³/mol. The van der Waals surface area contributed by atoms with Crippen LogP contribution in [-0.2, 0) is 0 Å². The van der Waals surface area contributed by atoms with E-state index < -0.39 is 58.4 Å². The molecule has 0 heterocycles. The highest BCUT2D eigenvalue weighted by Crippen LogP contribution is 2.32. The molecule has 0 unspecified atom stereocenters. The maximum absolute atomic E-state index is 13.0. The number of hydrogen-bond donors (Lipinski definition) is 3. The number of phenols is 3. The molecule has 0 amide bonds. The first-order valence-corrected chi connectivity index (χ1v) is 5.85. The van der Waals surface area contributed by atoms with E-state index >= 15 is 0 Å². The molecule has 3 N–H and O–H groups in total. The molecule has 0 aliphatic heterocycles. The van der Waals surface area contributed by atoms with Gasteiger partial charge in [-0.15, -0.1) is 0 Å². The topological polar surface area (TPSA) is 87.0 Å². The molecule has 5 nitrogen and oxygen atoms in total. The molecule has 0 atom stereocenters. The molecule has 22 heavy (non-hydrogen) atoms. The Morgan fingerprint density at radius 3 is 1.95 bits per heavy atom. The maximum atomic E-state index is 13.0. The van der Waals surface area contributed by atoms with Crippen LogP contribution in [-0.4, -0.2) is 27.7 Å². The molecular formula is C14H9F3O5. The molecule has 2 aromatic carbocycles. The Bertz CT molecular complexity index is 699. The van der Waals surface area contributed by atoms with E-state index in [-0.39, 0.29) is 0 Å². The standard InChI is InChI=1S/C14H9F3O5/c15-8-3-7(4-9(16)14(8)17)22-5-12(21)13-10(19)1-6(18)2-11(13)20/h1-4,18-20H,5H2. The van der Waals surface area contributed by atoms with Crippen molar-refractivity contribution in [3.8, 4) is 23.0 Å². The summed E-state index contributed by atoms with van der Waals surface area (Å²) < 4.78 is 43.5. The van der Waals surface area contributed by atoms with E-state index in [1.165, 1.54) is 0 Å². The van der Waals surface area contributed by atoms with Crippen molar-refractivity contribution < 1.29 is 38.0 Å². The molecule has 0 saturated carbocycles. The number of ketones is 1. The van der Waals surface area contributed by atoms with E-state index in [9.17, 15) is 28.2 Å². The van der Waals surface area contributed by atoms with Gasteiger partial charge in [0, 0.05) is 24.3 Å². The summed E-state index contributed by atoms with van der Waals surface area (Å²) >= 11 is 0. The lowest BCUT2D eigenvalue weighted by molar-refractivity contribution is 0.0915. The Balaban J connectivity index is 2.17. The summed E-state index contributed by atoms with van der Waals surface area (Å²) in [7, 11) is 0. The molecule has 0 aliphatic rings. The van der Waals surface area contributed by atoms with E-state index in [4.69, 9.17) is 9.84 Å². The van der Waals surface area contributed by atoms with Crippen LogP contribution in [0.2, 0.25) is 0 Å². The zero-order valence-corrected chi connectivity index (χ0v) is 10.8. The Kier molecular flexibility index (Phi) is 4.11. The van der Waals surface area contributed by atoms with Crippen LogP contribution < -0.4 is 4.74 Å². The van der Waals surface area contributed by atoms with Gasteiger partial charge in [-0.2, -0.15) is 0 Å². The Hall–Kier alpha value is -2.90. The number of carbonyl (C=O) groups excluding carboxylic acids is 1. The van der Waals surface area contributed by atoms with Crippen LogP contribution in [0.5, 0.6) is 23.0 Å². The van der Waals surface area contributed by atoms with E-state index in [0.717, 1.165) is 12.1 Å². The molecule has 0 aromatic heterocycles. The maximum Gasteiger partial charge on any atom is 0.207 e. The minimum absolute atomic E-state index is 0.442. The molecule has 2 rings (SSSR count). The number of carbonyl (C=O) groups is 1. The lowest BCUT2D eigenvalue weighted by atomic mass is 10.1. The molecule has 0 spiro atoms. The average molecular weight is 314 g/mol. The van der Waals surface area contributed by atoms with Gasteiger partial charge in [-0.25, -0.2) is 13.2 Å². The van der Waals surface area contributed by atoms with E-state index in [1.54, 1.807) is 0 Å². The van der Waals surface area contributed by atoms with Gasteiger partial charge >= 0.3 is 0 Å². The number of halogens is 3. The Morgan fingerprint density at radius 1 is 0.955 bits per heavy atom. The van der Waals surface area contributed by atoms with Crippen molar-refractivity contribution in [2.24, 2.45) is 0 Å². The van der Waals surface area contributed by atoms with Gasteiger partial charge in [0.05, 0.1) is 0 Å². The Labute approximate surface area is 121 Å². The summed E-state index contributed by atoms with van der Waals surface area (Å²) in [6.45, 7) is -0.781. The van der Waals surface area contributed by atoms with Crippen LogP contribution >= 0.6 is 0 Å². The number of hydrogen-bond acceptors (Lipinski definition) is 5. The molecule has 0 aliphatic carbocycles. The number of ether oxygens (including phenoxy) is 1. The third-order valence-corrected chi connectivity index (χ3v) is 2.69. The van der Waals surface area contributed by atoms with Crippen LogP contribution in [0.1, 0.15) is 10.4 Å². The van der Waals surface area contributed by atoms with Gasteiger partial charge in [-0.1, -0.05) is 0 Å². The fourth-order valence-corrected chi connectivity index (χ4v) is 1.72. The second kappa shape index (κ2) is 5.84. The minimum atomic E-state index is -1.67. The highest BCUT2D eigenvalue weighted by molar-refractivity contribution is 6.02. The van der Waals surface area contributed by atoms with Crippen LogP contribution in [0.3, 0.4) is 0 Å². The van der Waals surface area contributed by atoms with Crippen molar-refractivity contribution >= 4 is 5.78 Å². The van der Waals surface area contributed by atoms with Gasteiger partial charge in [0.15, 0.2) is 24.1 Å². The first-order valence-electron chi connectivity index (χ1n) is 5.85. The molecule has 0 bridgehead atoms. The normalized spacial score (nSPS) is 10.5. The lowest BCUT2D eigenvalue weighted by Gasteiger charge is -2.09. The van der Waals surface area contributed by atoms with Gasteiger partial charge in [0.2, 0.25) is 5.78 Å². The smallest absolute Gasteiger partial charge is 0.207 e. The lowest BCUT2D eigenvalue weighted by Crippen LogP contribution is -2.12. The van der Waals surface area contributed by atoms with Crippen molar-refractivity contribution in [2.75, 3.05) is 6.61 Å². The second-order valence-corrected chi connectivity index (χ2v) is 4.27. The predicted octanol–water partition coefficient (Wildman–Crippen LogP) is 2.48. The molecule has 8 heteroatoms. The van der Waals surface area contributed by atoms with Gasteiger partial charge in [0.1, 0.15) is 28.6 Å². The minimum Gasteiger partial charge on any atom is -0.508 e. The molecule has 0 saturated heterocycles. The summed E-state index contributed by atoms with van der Waals surface area (Å²) in [5.41, 5.74) is -0.527. The van der Waals surface area contributed by atoms with Crippen molar-refractivity contribution in [1.29, 1.82) is 0 Å². The molecular weight excluding hydrogens is 305 g/mol. The highest BCUT2D eigenvalue weighted by atomic mass is 19.2. The van der Waals surface area contributed by atoms with Gasteiger partial charge < -0.3 is 20.1 Å². The number of benzene rings is 2.